The Morgan fingerprint density at radius 2 is 2.00 bits per heavy atom. The average Bonchev–Trinajstić information content (AvgIpc) is 2.41. The van der Waals surface area contributed by atoms with Gasteiger partial charge in [0.25, 0.3) is 0 Å². The normalized spacial score (nSPS) is 13.3. The number of aryl methyl sites for hydroxylation is 1. The second-order valence-corrected chi connectivity index (χ2v) is 16.5. The molecule has 0 saturated heterocycles. The van der Waals surface area contributed by atoms with Crippen LogP contribution >= 0.6 is 11.3 Å². The van der Waals surface area contributed by atoms with Gasteiger partial charge in [-0.3, -0.25) is 0 Å². The summed E-state index contributed by atoms with van der Waals surface area (Å²) in [6.45, 7) is 2.05. The van der Waals surface area contributed by atoms with E-state index in [1.54, 1.807) is 15.7 Å². The Balaban J connectivity index is 2.83. The van der Waals surface area contributed by atoms with Gasteiger partial charge in [0.1, 0.15) is 0 Å². The summed E-state index contributed by atoms with van der Waals surface area (Å²) in [5.74, 6) is 7.23. The van der Waals surface area contributed by atoms with Gasteiger partial charge in [0.2, 0.25) is 0 Å². The fourth-order valence-corrected chi connectivity index (χ4v) is 7.45. The van der Waals surface area contributed by atoms with E-state index in [4.69, 9.17) is 1.37 Å². The third-order valence-corrected chi connectivity index (χ3v) is 8.09. The van der Waals surface area contributed by atoms with Crippen LogP contribution in [0.25, 0.3) is 10.1 Å². The maximum absolute atomic E-state index is 8.00. The van der Waals surface area contributed by atoms with Crippen LogP contribution in [0.4, 0.5) is 0 Å². The number of rotatable bonds is 1. The number of hydrogen-bond acceptors (Lipinski definition) is 1. The van der Waals surface area contributed by atoms with Gasteiger partial charge < -0.3 is 0 Å². The van der Waals surface area contributed by atoms with Crippen LogP contribution in [0.1, 0.15) is 6.25 Å². The summed E-state index contributed by atoms with van der Waals surface area (Å²) in [5.41, 5.74) is 0. The van der Waals surface area contributed by atoms with E-state index in [1.165, 1.54) is 4.70 Å². The molecule has 2 aromatic rings. The van der Waals surface area contributed by atoms with Crippen molar-refractivity contribution in [3.8, 4) is 0 Å². The molecule has 0 bridgehead atoms. The van der Waals surface area contributed by atoms with Crippen LogP contribution in [-0.4, -0.2) is 13.3 Å². The monoisotopic (exact) mass is 267 g/mol. The minimum absolute atomic E-state index is 0.725. The third-order valence-electron chi connectivity index (χ3n) is 2.39. The van der Waals surface area contributed by atoms with Crippen LogP contribution in [0.2, 0.25) is 17.3 Å². The molecule has 2 heteroatoms. The van der Waals surface area contributed by atoms with Crippen molar-refractivity contribution >= 4 is 39.1 Å². The van der Waals surface area contributed by atoms with Crippen molar-refractivity contribution < 1.29 is 1.37 Å². The molecule has 1 heterocycles. The summed E-state index contributed by atoms with van der Waals surface area (Å²) in [6.07, 6.45) is 0. The molecule has 0 saturated carbocycles. The van der Waals surface area contributed by atoms with E-state index < -0.39 is 13.3 Å². The van der Waals surface area contributed by atoms with E-state index in [0.29, 0.717) is 0 Å². The SMILES string of the molecule is [2H]c1c(C)sc2[c]([Ge]([CH3])([CH3])[CH3])cccc12. The van der Waals surface area contributed by atoms with Crippen LogP contribution in [0, 0.1) is 6.92 Å². The molecule has 2 rings (SSSR count). The summed E-state index contributed by atoms with van der Waals surface area (Å²) in [6, 6.07) is 7.18. The van der Waals surface area contributed by atoms with E-state index in [9.17, 15) is 0 Å². The predicted octanol–water partition coefficient (Wildman–Crippen LogP) is 3.75. The summed E-state index contributed by atoms with van der Waals surface area (Å²) in [4.78, 5) is 1.14. The zero-order chi connectivity index (χ0) is 11.2. The minimum atomic E-state index is -1.78. The van der Waals surface area contributed by atoms with Crippen LogP contribution < -0.4 is 4.40 Å². The van der Waals surface area contributed by atoms with Gasteiger partial charge in [-0.15, -0.1) is 0 Å². The zero-order valence-electron chi connectivity index (χ0n) is 10.1. The molecule has 0 fully saturated rings. The van der Waals surface area contributed by atoms with E-state index in [0.717, 1.165) is 16.3 Å². The summed E-state index contributed by atoms with van der Waals surface area (Å²) < 4.78 is 10.9. The first-order chi connectivity index (χ1) is 6.91. The topological polar surface area (TPSA) is 0 Å². The summed E-state index contributed by atoms with van der Waals surface area (Å²) in [5, 5.41) is 1.15. The second kappa shape index (κ2) is 3.39. The fraction of sp³-hybridized carbons (Fsp3) is 0.333. The molecule has 74 valence electrons. The Hall–Kier alpha value is -0.277. The molecule has 0 spiro atoms. The van der Waals surface area contributed by atoms with Gasteiger partial charge in [0.05, 0.1) is 0 Å². The van der Waals surface area contributed by atoms with Crippen molar-refractivity contribution in [3.05, 3.63) is 29.1 Å². The first kappa shape index (κ1) is 8.99. The Labute approximate surface area is 93.7 Å². The molecule has 1 aromatic carbocycles. The first-order valence-electron chi connectivity index (χ1n) is 5.40. The van der Waals surface area contributed by atoms with Gasteiger partial charge in [0, 0.05) is 0 Å². The zero-order valence-corrected chi connectivity index (χ0v) is 12.1. The summed E-state index contributed by atoms with van der Waals surface area (Å²) >= 11 is 0.00866. The molecule has 0 aliphatic carbocycles. The average molecular weight is 266 g/mol. The molecule has 0 nitrogen and oxygen atoms in total. The molecule has 0 aliphatic rings. The van der Waals surface area contributed by atoms with E-state index in [2.05, 4.69) is 35.5 Å². The van der Waals surface area contributed by atoms with Crippen LogP contribution in [0.15, 0.2) is 24.2 Å². The van der Waals surface area contributed by atoms with Gasteiger partial charge in [-0.25, -0.2) is 0 Å². The predicted molar refractivity (Wildman–Crippen MR) is 69.5 cm³/mol. The molecule has 14 heavy (non-hydrogen) atoms. The van der Waals surface area contributed by atoms with Crippen LogP contribution in [-0.2, 0) is 0 Å². The Bertz CT molecular complexity index is 508. The van der Waals surface area contributed by atoms with Gasteiger partial charge in [-0.1, -0.05) is 0 Å². The molecular formula is C12H16GeS. The van der Waals surface area contributed by atoms with Crippen molar-refractivity contribution in [1.29, 1.82) is 0 Å². The molecule has 0 N–H and O–H groups in total. The van der Waals surface area contributed by atoms with Crippen molar-refractivity contribution in [2.24, 2.45) is 0 Å². The van der Waals surface area contributed by atoms with E-state index >= 15 is 0 Å². The number of hydrogen-bond donors (Lipinski definition) is 0. The first-order valence-corrected chi connectivity index (χ1v) is 13.1. The van der Waals surface area contributed by atoms with Gasteiger partial charge in [0.15, 0.2) is 0 Å². The van der Waals surface area contributed by atoms with Gasteiger partial charge in [-0.05, 0) is 0 Å². The van der Waals surface area contributed by atoms with Crippen molar-refractivity contribution in [3.63, 3.8) is 0 Å². The molecular weight excluding hydrogens is 249 g/mol. The number of benzene rings is 1. The Morgan fingerprint density at radius 3 is 2.64 bits per heavy atom. The molecule has 0 aliphatic heterocycles. The number of thiophene rings is 1. The van der Waals surface area contributed by atoms with Crippen molar-refractivity contribution in [1.82, 2.24) is 0 Å². The third kappa shape index (κ3) is 1.75. The van der Waals surface area contributed by atoms with Crippen LogP contribution in [0.5, 0.6) is 0 Å². The summed E-state index contributed by atoms with van der Waals surface area (Å²) in [7, 11) is 0. The van der Waals surface area contributed by atoms with Crippen molar-refractivity contribution in [2.75, 3.05) is 0 Å². The Kier molecular flexibility index (Phi) is 2.17. The fourth-order valence-electron chi connectivity index (χ4n) is 1.70. The second-order valence-electron chi connectivity index (χ2n) is 4.72. The Morgan fingerprint density at radius 1 is 1.29 bits per heavy atom. The quantitative estimate of drug-likeness (QED) is 0.689. The molecule has 0 amide bonds. The maximum atomic E-state index is 8.00. The standard InChI is InChI=1S/C12H16GeS/c1-9-8-10-6-5-7-11(12(10)14-9)13(2,3)4/h5-8H,1-4H3/i8D. The molecule has 0 atom stereocenters. The van der Waals surface area contributed by atoms with Crippen LogP contribution in [0.3, 0.4) is 0 Å². The van der Waals surface area contributed by atoms with Gasteiger partial charge >= 0.3 is 93.8 Å². The van der Waals surface area contributed by atoms with Crippen molar-refractivity contribution in [2.45, 2.75) is 24.2 Å². The molecule has 1 aromatic heterocycles. The number of fused-ring (bicyclic) bond motifs is 1. The van der Waals surface area contributed by atoms with E-state index in [1.807, 2.05) is 6.92 Å². The molecule has 0 radical (unpaired) electrons. The van der Waals surface area contributed by atoms with Gasteiger partial charge in [-0.2, -0.15) is 0 Å². The van der Waals surface area contributed by atoms with E-state index in [-0.39, 0.29) is 0 Å². The molecule has 0 unspecified atom stereocenters.